The lowest BCUT2D eigenvalue weighted by atomic mass is 9.94. The fourth-order valence-electron chi connectivity index (χ4n) is 3.11. The first-order valence-electron chi connectivity index (χ1n) is 6.70. The summed E-state index contributed by atoms with van der Waals surface area (Å²) in [7, 11) is 0. The molecule has 0 aromatic heterocycles. The summed E-state index contributed by atoms with van der Waals surface area (Å²) in [6.07, 6.45) is 2.91. The molecule has 6 heteroatoms. The van der Waals surface area contributed by atoms with Crippen LogP contribution in [0.25, 0.3) is 0 Å². The highest BCUT2D eigenvalue weighted by atomic mass is 35.5. The second-order valence-corrected chi connectivity index (χ2v) is 5.48. The maximum atomic E-state index is 10.9. The number of halogens is 1. The number of piperazine rings is 1. The van der Waals surface area contributed by atoms with Crippen molar-refractivity contribution in [1.82, 2.24) is 4.90 Å². The molecule has 1 aromatic carbocycles. The Kier molecular flexibility index (Phi) is 3.63. The van der Waals surface area contributed by atoms with Gasteiger partial charge in [0.15, 0.2) is 0 Å². The minimum atomic E-state index is -0.326. The van der Waals surface area contributed by atoms with E-state index >= 15 is 0 Å². The first kappa shape index (κ1) is 13.4. The summed E-state index contributed by atoms with van der Waals surface area (Å²) in [5, 5.41) is 10.9. The summed E-state index contributed by atoms with van der Waals surface area (Å²) in [6.45, 7) is 3.67. The molecule has 0 N–H and O–H groups in total. The Labute approximate surface area is 122 Å². The Morgan fingerprint density at radius 2 is 2.30 bits per heavy atom. The number of nitro benzene ring substituents is 1. The highest BCUT2D eigenvalue weighted by molar-refractivity contribution is 6.25. The lowest BCUT2D eigenvalue weighted by molar-refractivity contribution is -0.384. The van der Waals surface area contributed by atoms with E-state index in [2.05, 4.69) is 9.80 Å². The van der Waals surface area contributed by atoms with Crippen LogP contribution in [0.2, 0.25) is 0 Å². The van der Waals surface area contributed by atoms with E-state index in [1.54, 1.807) is 17.7 Å². The van der Waals surface area contributed by atoms with Gasteiger partial charge in [-0.25, -0.2) is 0 Å². The molecular weight excluding hydrogens is 278 g/mol. The van der Waals surface area contributed by atoms with Gasteiger partial charge in [-0.2, -0.15) is 0 Å². The zero-order valence-electron chi connectivity index (χ0n) is 11.0. The first-order chi connectivity index (χ1) is 9.69. The van der Waals surface area contributed by atoms with Crippen molar-refractivity contribution in [3.8, 4) is 0 Å². The van der Waals surface area contributed by atoms with Crippen LogP contribution >= 0.6 is 11.6 Å². The summed E-state index contributed by atoms with van der Waals surface area (Å²) < 4.78 is 0. The number of nitrogens with zero attached hydrogens (tertiary/aromatic N) is 3. The van der Waals surface area contributed by atoms with Gasteiger partial charge < -0.3 is 4.90 Å². The molecule has 1 atom stereocenters. The minimum Gasteiger partial charge on any atom is -0.368 e. The molecule has 0 saturated carbocycles. The Morgan fingerprint density at radius 3 is 3.05 bits per heavy atom. The molecule has 1 fully saturated rings. The van der Waals surface area contributed by atoms with Gasteiger partial charge in [0.05, 0.1) is 4.92 Å². The Hall–Kier alpha value is -1.59. The zero-order chi connectivity index (χ0) is 14.1. The van der Waals surface area contributed by atoms with E-state index in [0.717, 1.165) is 38.3 Å². The van der Waals surface area contributed by atoms with Gasteiger partial charge in [-0.3, -0.25) is 15.0 Å². The van der Waals surface area contributed by atoms with Crippen LogP contribution < -0.4 is 4.90 Å². The molecule has 5 nitrogen and oxygen atoms in total. The van der Waals surface area contributed by atoms with E-state index in [-0.39, 0.29) is 10.6 Å². The van der Waals surface area contributed by atoms with Crippen molar-refractivity contribution in [2.75, 3.05) is 31.1 Å². The van der Waals surface area contributed by atoms with Gasteiger partial charge in [-0.05, 0) is 12.0 Å². The van der Waals surface area contributed by atoms with Gasteiger partial charge in [0.1, 0.15) is 0 Å². The zero-order valence-corrected chi connectivity index (χ0v) is 11.8. The van der Waals surface area contributed by atoms with Gasteiger partial charge in [0.2, 0.25) is 0 Å². The normalized spacial score (nSPS) is 22.1. The molecule has 1 unspecified atom stereocenters. The van der Waals surface area contributed by atoms with Crippen LogP contribution in [-0.2, 0) is 6.42 Å². The SMILES string of the molecule is O=[N+]([O-])c1ccc2c(c1)N1CCN(C/C=C\Cl)C(C2)C1. The predicted molar refractivity (Wildman–Crippen MR) is 79.4 cm³/mol. The van der Waals surface area contributed by atoms with Gasteiger partial charge in [-0.1, -0.05) is 23.7 Å². The van der Waals surface area contributed by atoms with Crippen LogP contribution in [0.1, 0.15) is 5.56 Å². The summed E-state index contributed by atoms with van der Waals surface area (Å²) in [5.41, 5.74) is 3.97. The third kappa shape index (κ3) is 2.39. The number of rotatable bonds is 3. The Balaban J connectivity index is 1.86. The predicted octanol–water partition coefficient (Wildman–Crippen LogP) is 2.39. The molecule has 106 valence electrons. The Morgan fingerprint density at radius 1 is 1.45 bits per heavy atom. The van der Waals surface area contributed by atoms with Crippen LogP contribution in [0.15, 0.2) is 29.8 Å². The van der Waals surface area contributed by atoms with Crippen molar-refractivity contribution in [1.29, 1.82) is 0 Å². The topological polar surface area (TPSA) is 49.6 Å². The highest BCUT2D eigenvalue weighted by Gasteiger charge is 2.33. The molecule has 20 heavy (non-hydrogen) atoms. The maximum Gasteiger partial charge on any atom is 0.271 e. The fraction of sp³-hybridized carbons (Fsp3) is 0.429. The molecule has 0 aliphatic carbocycles. The van der Waals surface area contributed by atoms with E-state index in [1.165, 1.54) is 5.56 Å². The van der Waals surface area contributed by atoms with E-state index < -0.39 is 0 Å². The van der Waals surface area contributed by atoms with Gasteiger partial charge >= 0.3 is 0 Å². The van der Waals surface area contributed by atoms with Crippen molar-refractivity contribution in [3.05, 3.63) is 45.5 Å². The second-order valence-electron chi connectivity index (χ2n) is 5.23. The van der Waals surface area contributed by atoms with Gasteiger partial charge in [0, 0.05) is 55.6 Å². The molecule has 2 aliphatic heterocycles. The molecule has 1 aromatic rings. The van der Waals surface area contributed by atoms with Crippen molar-refractivity contribution in [2.24, 2.45) is 0 Å². The molecule has 0 spiro atoms. The van der Waals surface area contributed by atoms with Gasteiger partial charge in [0.25, 0.3) is 5.69 Å². The molecule has 2 heterocycles. The molecule has 0 amide bonds. The molecule has 1 saturated heterocycles. The van der Waals surface area contributed by atoms with E-state index in [9.17, 15) is 10.1 Å². The number of hydrogen-bond donors (Lipinski definition) is 0. The average Bonchev–Trinajstić information content (AvgIpc) is 2.46. The third-order valence-electron chi connectivity index (χ3n) is 4.11. The molecular formula is C14H16ClN3O2. The fourth-order valence-corrected chi connectivity index (χ4v) is 3.19. The number of fused-ring (bicyclic) bond motifs is 4. The summed E-state index contributed by atoms with van der Waals surface area (Å²) in [5.74, 6) is 0. The van der Waals surface area contributed by atoms with Gasteiger partial charge in [-0.15, -0.1) is 0 Å². The van der Waals surface area contributed by atoms with Crippen LogP contribution in [0.3, 0.4) is 0 Å². The highest BCUT2D eigenvalue weighted by Crippen LogP contribution is 2.34. The first-order valence-corrected chi connectivity index (χ1v) is 7.14. The van der Waals surface area contributed by atoms with E-state index in [1.807, 2.05) is 12.1 Å². The number of nitro groups is 1. The number of benzene rings is 1. The lowest BCUT2D eigenvalue weighted by Crippen LogP contribution is -2.56. The quantitative estimate of drug-likeness (QED) is 0.634. The Bertz CT molecular complexity index is 561. The largest absolute Gasteiger partial charge is 0.368 e. The van der Waals surface area contributed by atoms with Crippen molar-refractivity contribution in [2.45, 2.75) is 12.5 Å². The summed E-state index contributed by atoms with van der Waals surface area (Å²) >= 11 is 5.60. The monoisotopic (exact) mass is 293 g/mol. The van der Waals surface area contributed by atoms with Crippen LogP contribution in [0, 0.1) is 10.1 Å². The lowest BCUT2D eigenvalue weighted by Gasteiger charge is -2.46. The van der Waals surface area contributed by atoms with Crippen molar-refractivity contribution in [3.63, 3.8) is 0 Å². The molecule has 2 bridgehead atoms. The number of hydrogen-bond acceptors (Lipinski definition) is 4. The molecule has 2 aliphatic rings. The van der Waals surface area contributed by atoms with E-state index in [4.69, 9.17) is 11.6 Å². The maximum absolute atomic E-state index is 10.9. The summed E-state index contributed by atoms with van der Waals surface area (Å²) in [6, 6.07) is 5.67. The second kappa shape index (κ2) is 5.42. The molecule has 3 rings (SSSR count). The standard InChI is InChI=1S/C14H16ClN3O2/c15-4-1-5-16-6-7-17-10-13(16)8-11-2-3-12(18(19)20)9-14(11)17/h1-4,9,13H,5-8,10H2/b4-1-. The van der Waals surface area contributed by atoms with Crippen LogP contribution in [-0.4, -0.2) is 42.0 Å². The van der Waals surface area contributed by atoms with Crippen molar-refractivity contribution >= 4 is 23.0 Å². The van der Waals surface area contributed by atoms with Crippen LogP contribution in [0.5, 0.6) is 0 Å². The summed E-state index contributed by atoms with van der Waals surface area (Å²) in [4.78, 5) is 15.2. The number of anilines is 1. The van der Waals surface area contributed by atoms with Crippen molar-refractivity contribution < 1.29 is 4.92 Å². The third-order valence-corrected chi connectivity index (χ3v) is 4.29. The molecule has 0 radical (unpaired) electrons. The number of non-ortho nitro benzene ring substituents is 1. The minimum absolute atomic E-state index is 0.176. The smallest absolute Gasteiger partial charge is 0.271 e. The van der Waals surface area contributed by atoms with Crippen LogP contribution in [0.4, 0.5) is 11.4 Å². The average molecular weight is 294 g/mol. The van der Waals surface area contributed by atoms with E-state index in [0.29, 0.717) is 6.04 Å².